The summed E-state index contributed by atoms with van der Waals surface area (Å²) in [5.41, 5.74) is 13.3. The number of Topliss-reactive ketones (excluding diaryl/α,β-unsaturated/α-hetero) is 1. The average molecular weight is 2040 g/mol. The monoisotopic (exact) mass is 2040 g/mol. The van der Waals surface area contributed by atoms with E-state index in [9.17, 15) is 47.9 Å². The second-order valence-corrected chi connectivity index (χ2v) is 39.1. The fourth-order valence-electron chi connectivity index (χ4n) is 16.0. The van der Waals surface area contributed by atoms with Crippen molar-refractivity contribution in [3.63, 3.8) is 0 Å². The van der Waals surface area contributed by atoms with Gasteiger partial charge in [-0.1, -0.05) is 35.3 Å². The molecule has 5 amide bonds. The lowest BCUT2D eigenvalue weighted by molar-refractivity contribution is 0.0577. The van der Waals surface area contributed by atoms with E-state index in [2.05, 4.69) is 46.3 Å². The Balaban J connectivity index is 0.000000162. The molecule has 44 nitrogen and oxygen atoms in total. The lowest BCUT2D eigenvalue weighted by Crippen LogP contribution is -2.35. The van der Waals surface area contributed by atoms with Crippen LogP contribution in [0.15, 0.2) is 118 Å². The Bertz CT molecular complexity index is 6580. The number of nitrogens with two attached hydrogens (primary N) is 2. The molecule has 8 N–H and O–H groups in total. The molecule has 11 aromatic heterocycles. The van der Waals surface area contributed by atoms with Crippen LogP contribution in [0.5, 0.6) is 0 Å². The zero-order chi connectivity index (χ0) is 103. The normalized spacial score (nSPS) is 20.3. The van der Waals surface area contributed by atoms with Gasteiger partial charge in [0.1, 0.15) is 67.1 Å². The molecule has 0 aromatic carbocycles. The van der Waals surface area contributed by atoms with Gasteiger partial charge >= 0.3 is 24.2 Å². The predicted octanol–water partition coefficient (Wildman–Crippen LogP) is 10.9. The van der Waals surface area contributed by atoms with Crippen molar-refractivity contribution in [2.24, 2.45) is 11.7 Å². The van der Waals surface area contributed by atoms with E-state index in [0.717, 1.165) is 83.6 Å². The number of amides is 5. The largest absolute Gasteiger partial charge is 0.477 e. The third-order valence-electron chi connectivity index (χ3n) is 24.0. The molecule has 3 saturated heterocycles. The van der Waals surface area contributed by atoms with Gasteiger partial charge in [-0.3, -0.25) is 43.5 Å². The van der Waals surface area contributed by atoms with Crippen molar-refractivity contribution in [2.45, 2.75) is 223 Å². The van der Waals surface area contributed by atoms with Crippen LogP contribution < -0.4 is 58.8 Å². The summed E-state index contributed by atoms with van der Waals surface area (Å²) >= 11 is 12.1. The summed E-state index contributed by atoms with van der Waals surface area (Å²) in [7, 11) is 13.0. The van der Waals surface area contributed by atoms with Gasteiger partial charge in [-0.15, -0.1) is 12.4 Å². The summed E-state index contributed by atoms with van der Waals surface area (Å²) in [6, 6.07) is 17.7. The molecule has 18 rings (SSSR count). The molecule has 7 fully saturated rings. The molecule has 4 saturated carbocycles. The quantitative estimate of drug-likeness (QED) is 0.0197. The van der Waals surface area contributed by atoms with Gasteiger partial charge in [0.25, 0.3) is 28.5 Å². The predicted molar refractivity (Wildman–Crippen MR) is 534 cm³/mol. The summed E-state index contributed by atoms with van der Waals surface area (Å²) in [6.45, 7) is 19.8. The van der Waals surface area contributed by atoms with Crippen LogP contribution in [-0.2, 0) is 60.2 Å². The number of hydrogen-bond acceptors (Lipinski definition) is 31. The first-order chi connectivity index (χ1) is 67.5. The van der Waals surface area contributed by atoms with Crippen molar-refractivity contribution in [2.75, 3.05) is 122 Å². The van der Waals surface area contributed by atoms with Crippen LogP contribution >= 0.6 is 35.6 Å². The van der Waals surface area contributed by atoms with E-state index in [1.165, 1.54) is 66.0 Å². The van der Waals surface area contributed by atoms with E-state index in [0.29, 0.717) is 119 Å². The number of nitrogen functional groups attached to an aromatic ring is 1. The Kier molecular flexibility index (Phi) is 36.1. The molecule has 11 aromatic rings. The maximum atomic E-state index is 13.4. The third kappa shape index (κ3) is 27.9. The number of ketones is 1. The summed E-state index contributed by atoms with van der Waals surface area (Å²) in [5, 5.41) is 35.2. The van der Waals surface area contributed by atoms with Crippen LogP contribution in [0.25, 0.3) is 22.6 Å². The van der Waals surface area contributed by atoms with Gasteiger partial charge < -0.3 is 93.6 Å². The van der Waals surface area contributed by atoms with Gasteiger partial charge in [0, 0.05) is 156 Å². The van der Waals surface area contributed by atoms with Crippen molar-refractivity contribution in [3.8, 4) is 0 Å². The van der Waals surface area contributed by atoms with Crippen LogP contribution in [0.3, 0.4) is 0 Å². The van der Waals surface area contributed by atoms with E-state index in [1.807, 2.05) is 30.5 Å². The summed E-state index contributed by atoms with van der Waals surface area (Å²) in [4.78, 5) is 147. The number of rotatable bonds is 23. The van der Waals surface area contributed by atoms with Crippen molar-refractivity contribution in [1.29, 1.82) is 0 Å². The van der Waals surface area contributed by atoms with E-state index >= 15 is 0 Å². The number of methoxy groups -OCH3 is 4. The highest BCUT2D eigenvalue weighted by Gasteiger charge is 2.43. The van der Waals surface area contributed by atoms with Crippen molar-refractivity contribution >= 4 is 129 Å². The van der Waals surface area contributed by atoms with Crippen LogP contribution in [0.2, 0.25) is 10.3 Å². The smallest absolute Gasteiger partial charge is 0.415 e. The number of nitrogens with zero attached hydrogens (tertiary/aromatic N) is 18. The number of halogens is 3. The van der Waals surface area contributed by atoms with E-state index in [-0.39, 0.29) is 146 Å². The molecular formula is C96H126Cl3N23O21. The standard InChI is InChI=1S/C28H36N6O6.C23H28N6O4.C18H23ClN4O4.C13H15ClN4O4.C10H14N2O2.C4H9NO.ClH/c1-28(2,3)40-27(37)32(4)23-13-18(12-17-8-6-10-33(26(17)36)19-9-7-11-39-16-19)30-24-20(15-29-34(23)24)25(35)31-21-14-22(21)38-5;1-24-20-10-15(9-14-5-3-7-28(23(14)31)16-6-4-8-33-13-16)26-21-17(12-25-29(20)21)22(30)27-18-11-19(18)32-2;1-18(2,3)27-17(25)22(4)15-8-14(19)21-16-11(9-20-23(15)16)12(24)6-10-7-13(10)26-5;1-13(2,3)22-12(21)17(4)9-5-8(14)16-10-7(11(19)20)6-15-18(9)10;11-9-4-1-5-12(10(9)13)8-3-2-6-14-7-8;1-6-4-2-3(4)5;/h6,8,10,13,15,19,21-22H,7,9,11-12,14,16H2,1-5H3,(H,31,35);3,5,7,10,12,16,18-19,24H,4,6,8-9,11,13H2,1-2H3,(H,27,30);8-10,13H,6-7H2,1-5H3;5-6H,1-4H3,(H,19,20);1,4-5,8H,2-3,6-7,11H2;3-4H,2,5H2,1H3;1H/t19-,21?,22-;16-,18?,19-;10?,13-;;8-;3-,4?;/m000.01./s1. The molecule has 4 aliphatic carbocycles. The summed E-state index contributed by atoms with van der Waals surface area (Å²) in [5.74, 6) is 0.0382. The van der Waals surface area contributed by atoms with Crippen LogP contribution in [-0.4, -0.2) is 275 Å². The minimum atomic E-state index is -1.18. The molecule has 4 unspecified atom stereocenters. The second kappa shape index (κ2) is 47.3. The van der Waals surface area contributed by atoms with Crippen LogP contribution in [0, 0.1) is 5.92 Å². The molecule has 11 atom stereocenters. The molecular weight excluding hydrogens is 1920 g/mol. The molecule has 0 radical (unpaired) electrons. The van der Waals surface area contributed by atoms with Crippen LogP contribution in [0.1, 0.15) is 215 Å². The molecule has 14 heterocycles. The number of anilines is 5. The molecule has 143 heavy (non-hydrogen) atoms. The second-order valence-electron chi connectivity index (χ2n) is 38.3. The van der Waals surface area contributed by atoms with Gasteiger partial charge in [-0.2, -0.15) is 38.5 Å². The molecule has 47 heteroatoms. The number of pyridine rings is 3. The van der Waals surface area contributed by atoms with Crippen molar-refractivity contribution in [3.05, 3.63) is 190 Å². The first-order valence-electron chi connectivity index (χ1n) is 46.7. The third-order valence-corrected chi connectivity index (χ3v) is 24.4. The number of fused-ring (bicyclic) bond motifs is 4. The molecule has 7 aliphatic rings. The highest BCUT2D eigenvalue weighted by Crippen LogP contribution is 2.39. The topological polar surface area (TPSA) is 517 Å². The number of carboxylic acid groups (broad SMARTS) is 1. The van der Waals surface area contributed by atoms with E-state index in [4.69, 9.17) is 97.1 Å². The van der Waals surface area contributed by atoms with Gasteiger partial charge in [0.2, 0.25) is 0 Å². The first kappa shape index (κ1) is 109. The fraction of sp³-hybridized carbons (Fsp3) is 0.521. The Morgan fingerprint density at radius 2 is 0.853 bits per heavy atom. The number of carbonyl (C=O) groups is 7. The van der Waals surface area contributed by atoms with Crippen molar-refractivity contribution < 1.29 is 86.0 Å². The summed E-state index contributed by atoms with van der Waals surface area (Å²) in [6.07, 6.45) is 19.7. The van der Waals surface area contributed by atoms with Gasteiger partial charge in [0.05, 0.1) is 122 Å². The number of carbonyl (C=O) groups excluding carboxylic acids is 6. The number of carboxylic acids is 1. The van der Waals surface area contributed by atoms with Crippen LogP contribution in [0.4, 0.5) is 43.3 Å². The summed E-state index contributed by atoms with van der Waals surface area (Å²) < 4.78 is 64.2. The maximum absolute atomic E-state index is 13.4. The SMILES string of the molecule is CN(C(=O)OC(C)(C)C)c1cc(Cl)nc2c(C(=O)O)cnn12.CNc1cc(Cc2cccn([C@H]3CCCOC3)c2=O)nc2c(C(=O)NC3C[C@@H]3OC)cnn12.COC1C[C@H]1N.CO[C@H]1CC1CC(=O)c1cnn2c(N(C)C(=O)OC(C)(C)C)cc(Cl)nc12.CO[C@H]1CC1NC(=O)c1cnn2c(N(C)C(=O)OC(C)(C)C)cc(Cc3cccn([C@H]4CCCOC4)c3=O)nc12.Cl.Nc1cccn([C@H]2CCCOC2)c1=O. The number of aromatic carboxylic acids is 1. The first-order valence-corrected chi connectivity index (χ1v) is 47.5. The number of aromatic nitrogens is 15. The molecule has 772 valence electrons. The zero-order valence-electron chi connectivity index (χ0n) is 83.1. The highest BCUT2D eigenvalue weighted by molar-refractivity contribution is 6.30. The van der Waals surface area contributed by atoms with Gasteiger partial charge in [0.15, 0.2) is 28.4 Å². The number of nitrogens with one attached hydrogen (secondary N) is 3. The van der Waals surface area contributed by atoms with E-state index < -0.39 is 41.1 Å². The highest BCUT2D eigenvalue weighted by atomic mass is 35.5. The maximum Gasteiger partial charge on any atom is 0.415 e. The Labute approximate surface area is 840 Å². The minimum absolute atomic E-state index is 0. The number of ether oxygens (including phenoxy) is 10. The lowest BCUT2D eigenvalue weighted by Gasteiger charge is -2.25. The average Bonchev–Trinajstić information content (AvgIpc) is 1.64. The van der Waals surface area contributed by atoms with E-state index in [1.54, 1.807) is 167 Å². The zero-order valence-corrected chi connectivity index (χ0v) is 85.4. The number of hydrogen-bond donors (Lipinski definition) is 6. The minimum Gasteiger partial charge on any atom is -0.477 e. The molecule has 3 aliphatic heterocycles. The van der Waals surface area contributed by atoms with Gasteiger partial charge in [-0.05, 0) is 157 Å². The van der Waals surface area contributed by atoms with Crippen molar-refractivity contribution in [1.82, 2.24) is 82.7 Å². The molecule has 0 spiro atoms. The lowest BCUT2D eigenvalue weighted by atomic mass is 10.1. The fourth-order valence-corrected chi connectivity index (χ4v) is 16.4. The Morgan fingerprint density at radius 3 is 1.22 bits per heavy atom. The Hall–Kier alpha value is -12.6. The molecule has 0 bridgehead atoms. The Morgan fingerprint density at radius 1 is 0.490 bits per heavy atom. The van der Waals surface area contributed by atoms with Gasteiger partial charge in [-0.25, -0.2) is 39.1 Å².